The molecule has 0 spiro atoms. The number of hydrogen-bond donors (Lipinski definition) is 1. The second-order valence-corrected chi connectivity index (χ2v) is 11.8. The minimum absolute atomic E-state index is 0.360. The van der Waals surface area contributed by atoms with Gasteiger partial charge in [-0.2, -0.15) is 0 Å². The molecule has 0 aliphatic carbocycles. The molecule has 0 bridgehead atoms. The Labute approximate surface area is 139 Å². The quantitative estimate of drug-likeness (QED) is 0.650. The van der Waals surface area contributed by atoms with Crippen molar-refractivity contribution in [2.24, 2.45) is 0 Å². The van der Waals surface area contributed by atoms with Crippen LogP contribution in [0.5, 0.6) is 5.75 Å². The lowest BCUT2D eigenvalue weighted by Crippen LogP contribution is -2.42. The average Bonchev–Trinajstić information content (AvgIpc) is 2.54. The number of aromatic hydroxyl groups is 1. The molecule has 1 nitrogen and oxygen atoms in total. The highest BCUT2D eigenvalue weighted by Crippen LogP contribution is 2.29. The summed E-state index contributed by atoms with van der Waals surface area (Å²) in [6.45, 7) is 7.18. The zero-order valence-corrected chi connectivity index (χ0v) is 15.1. The van der Waals surface area contributed by atoms with Crippen molar-refractivity contribution >= 4 is 24.0 Å². The highest BCUT2D eigenvalue weighted by atomic mass is 28.3. The van der Waals surface area contributed by atoms with Gasteiger partial charge >= 0.3 is 0 Å². The molecule has 23 heavy (non-hydrogen) atoms. The van der Waals surface area contributed by atoms with E-state index in [9.17, 15) is 5.11 Å². The van der Waals surface area contributed by atoms with Gasteiger partial charge in [0.05, 0.1) is 8.07 Å². The Balaban J connectivity index is 1.94. The fourth-order valence-corrected chi connectivity index (χ4v) is 7.13. The van der Waals surface area contributed by atoms with E-state index >= 15 is 0 Å². The van der Waals surface area contributed by atoms with Crippen LogP contribution in [-0.2, 0) is 0 Å². The minimum Gasteiger partial charge on any atom is -0.508 e. The summed E-state index contributed by atoms with van der Waals surface area (Å²) < 4.78 is 0. The van der Waals surface area contributed by atoms with E-state index in [1.54, 1.807) is 6.07 Å². The van der Waals surface area contributed by atoms with Gasteiger partial charge in [0.1, 0.15) is 5.75 Å². The Morgan fingerprint density at radius 3 is 2.39 bits per heavy atom. The highest BCUT2D eigenvalue weighted by molar-refractivity contribution is 6.91. The van der Waals surface area contributed by atoms with E-state index in [2.05, 4.69) is 68.5 Å². The van der Waals surface area contributed by atoms with Crippen molar-refractivity contribution in [2.45, 2.75) is 32.0 Å². The summed E-state index contributed by atoms with van der Waals surface area (Å²) in [4.78, 5) is 0. The second kappa shape index (κ2) is 6.21. The number of benzene rings is 3. The molecule has 3 aromatic rings. The molecule has 1 unspecified atom stereocenters. The Hall–Kier alpha value is -2.06. The van der Waals surface area contributed by atoms with Crippen LogP contribution in [-0.4, -0.2) is 13.2 Å². The molecule has 3 aromatic carbocycles. The molecule has 1 atom stereocenters. The first-order valence-electron chi connectivity index (χ1n) is 8.24. The zero-order valence-electron chi connectivity index (χ0n) is 14.1. The maximum absolute atomic E-state index is 9.73. The molecule has 0 radical (unpaired) electrons. The van der Waals surface area contributed by atoms with Gasteiger partial charge in [0, 0.05) is 0 Å². The van der Waals surface area contributed by atoms with Gasteiger partial charge in [0.15, 0.2) is 0 Å². The molecule has 0 amide bonds. The monoisotopic (exact) mass is 320 g/mol. The molecule has 0 saturated heterocycles. The molecular formula is C21H24OSi. The number of hydrogen-bond acceptors (Lipinski definition) is 1. The first kappa shape index (κ1) is 15.8. The van der Waals surface area contributed by atoms with Gasteiger partial charge in [0.25, 0.3) is 0 Å². The Kier molecular flexibility index (Phi) is 4.27. The van der Waals surface area contributed by atoms with Crippen LogP contribution in [0.15, 0.2) is 66.7 Å². The van der Waals surface area contributed by atoms with Crippen molar-refractivity contribution in [3.05, 3.63) is 72.3 Å². The van der Waals surface area contributed by atoms with Gasteiger partial charge < -0.3 is 5.11 Å². The molecule has 2 heteroatoms. The Bertz CT molecular complexity index is 817. The third kappa shape index (κ3) is 3.32. The van der Waals surface area contributed by atoms with Gasteiger partial charge in [-0.05, 0) is 40.4 Å². The third-order valence-corrected chi connectivity index (χ3v) is 8.30. The second-order valence-electron chi connectivity index (χ2n) is 7.11. The maximum atomic E-state index is 9.73. The predicted molar refractivity (Wildman–Crippen MR) is 102 cm³/mol. The summed E-state index contributed by atoms with van der Waals surface area (Å²) in [6.07, 6.45) is 0. The third-order valence-electron chi connectivity index (χ3n) is 4.77. The van der Waals surface area contributed by atoms with E-state index < -0.39 is 8.07 Å². The zero-order chi connectivity index (χ0) is 16.4. The first-order valence-corrected chi connectivity index (χ1v) is 11.5. The van der Waals surface area contributed by atoms with E-state index in [1.165, 1.54) is 27.6 Å². The topological polar surface area (TPSA) is 20.2 Å². The Morgan fingerprint density at radius 1 is 0.913 bits per heavy atom. The first-order chi connectivity index (χ1) is 11.0. The number of fused-ring (bicyclic) bond motifs is 1. The lowest BCUT2D eigenvalue weighted by molar-refractivity contribution is 0.474. The van der Waals surface area contributed by atoms with Gasteiger partial charge in [-0.3, -0.25) is 0 Å². The fraction of sp³-hybridized carbons (Fsp3) is 0.238. The number of phenols is 1. The SMILES string of the molecule is CC(C[Si](C)(C)c1cccc2ccccc12)c1cccc(O)c1. The largest absolute Gasteiger partial charge is 0.508 e. The van der Waals surface area contributed by atoms with Crippen LogP contribution in [0.4, 0.5) is 0 Å². The van der Waals surface area contributed by atoms with Crippen LogP contribution >= 0.6 is 0 Å². The minimum atomic E-state index is -1.59. The van der Waals surface area contributed by atoms with Crippen LogP contribution in [0, 0.1) is 0 Å². The standard InChI is InChI=1S/C21H24OSi/c1-16(18-10-6-11-19(22)14-18)15-23(2,3)21-13-7-9-17-8-4-5-12-20(17)21/h4-14,16,22H,15H2,1-3H3. The van der Waals surface area contributed by atoms with Gasteiger partial charge in [-0.25, -0.2) is 0 Å². The van der Waals surface area contributed by atoms with Crippen molar-refractivity contribution in [3.63, 3.8) is 0 Å². The van der Waals surface area contributed by atoms with Crippen LogP contribution in [0.2, 0.25) is 19.1 Å². The maximum Gasteiger partial charge on any atom is 0.115 e. The Morgan fingerprint density at radius 2 is 1.61 bits per heavy atom. The van der Waals surface area contributed by atoms with Crippen LogP contribution in [0.3, 0.4) is 0 Å². The van der Waals surface area contributed by atoms with E-state index in [0.29, 0.717) is 11.7 Å². The van der Waals surface area contributed by atoms with Crippen LogP contribution in [0.25, 0.3) is 10.8 Å². The van der Waals surface area contributed by atoms with Crippen molar-refractivity contribution in [2.75, 3.05) is 0 Å². The van der Waals surface area contributed by atoms with Crippen molar-refractivity contribution in [3.8, 4) is 5.75 Å². The summed E-state index contributed by atoms with van der Waals surface area (Å²) in [5.41, 5.74) is 1.23. The van der Waals surface area contributed by atoms with Crippen molar-refractivity contribution in [1.29, 1.82) is 0 Å². The molecule has 3 rings (SSSR count). The van der Waals surface area contributed by atoms with Gasteiger partial charge in [0.2, 0.25) is 0 Å². The van der Waals surface area contributed by atoms with E-state index in [4.69, 9.17) is 0 Å². The van der Waals surface area contributed by atoms with Gasteiger partial charge in [-0.15, -0.1) is 0 Å². The van der Waals surface area contributed by atoms with Crippen molar-refractivity contribution in [1.82, 2.24) is 0 Å². The molecule has 0 aliphatic heterocycles. The van der Waals surface area contributed by atoms with Crippen LogP contribution in [0.1, 0.15) is 18.4 Å². The summed E-state index contributed by atoms with van der Waals surface area (Å²) in [5, 5.41) is 14.0. The molecule has 0 heterocycles. The fourth-order valence-electron chi connectivity index (χ4n) is 3.64. The van der Waals surface area contributed by atoms with Gasteiger partial charge in [-0.1, -0.05) is 79.8 Å². The lowest BCUT2D eigenvalue weighted by atomic mass is 10.0. The molecular weight excluding hydrogens is 296 g/mol. The predicted octanol–water partition coefficient (Wildman–Crippen LogP) is 5.26. The smallest absolute Gasteiger partial charge is 0.115 e. The van der Waals surface area contributed by atoms with E-state index in [0.717, 1.165) is 0 Å². The number of rotatable bonds is 4. The molecule has 0 aromatic heterocycles. The molecule has 118 valence electrons. The van der Waals surface area contributed by atoms with E-state index in [-0.39, 0.29) is 0 Å². The molecule has 1 N–H and O–H groups in total. The average molecular weight is 321 g/mol. The lowest BCUT2D eigenvalue weighted by Gasteiger charge is -2.28. The van der Waals surface area contributed by atoms with E-state index in [1.807, 2.05) is 12.1 Å². The summed E-state index contributed by atoms with van der Waals surface area (Å²) >= 11 is 0. The number of phenolic OH excluding ortho intramolecular Hbond substituents is 1. The summed E-state index contributed by atoms with van der Waals surface area (Å²) in [7, 11) is -1.59. The summed E-state index contributed by atoms with van der Waals surface area (Å²) in [6, 6.07) is 24.3. The summed E-state index contributed by atoms with van der Waals surface area (Å²) in [5.74, 6) is 0.807. The van der Waals surface area contributed by atoms with Crippen LogP contribution < -0.4 is 5.19 Å². The molecule has 0 fully saturated rings. The highest BCUT2D eigenvalue weighted by Gasteiger charge is 2.28. The van der Waals surface area contributed by atoms with Crippen molar-refractivity contribution < 1.29 is 5.11 Å². The normalized spacial score (nSPS) is 13.2. The molecule has 0 aliphatic rings. The molecule has 0 saturated carbocycles.